The Morgan fingerprint density at radius 3 is 2.58 bits per heavy atom. The quantitative estimate of drug-likeness (QED) is 0.828. The number of hydrogen-bond acceptors (Lipinski definition) is 4. The summed E-state index contributed by atoms with van der Waals surface area (Å²) in [6.07, 6.45) is 1.08. The Morgan fingerprint density at radius 2 is 2.11 bits per heavy atom. The molecule has 0 bridgehead atoms. The summed E-state index contributed by atoms with van der Waals surface area (Å²) in [5.74, 6) is -0.707. The van der Waals surface area contributed by atoms with E-state index in [-0.39, 0.29) is 5.97 Å². The van der Waals surface area contributed by atoms with Gasteiger partial charge in [0.2, 0.25) is 10.0 Å². The number of benzene rings is 1. The molecule has 1 aromatic rings. The van der Waals surface area contributed by atoms with E-state index in [1.54, 1.807) is 32.0 Å². The van der Waals surface area contributed by atoms with Crippen LogP contribution in [0.4, 0.5) is 5.69 Å². The molecule has 0 aliphatic heterocycles. The Labute approximate surface area is 121 Å². The van der Waals surface area contributed by atoms with Crippen LogP contribution in [-0.4, -0.2) is 27.2 Å². The van der Waals surface area contributed by atoms with Crippen LogP contribution in [0.2, 0.25) is 0 Å². The zero-order valence-corrected chi connectivity index (χ0v) is 13.3. The van der Waals surface area contributed by atoms with Gasteiger partial charge in [-0.15, -0.1) is 0 Å². The lowest BCUT2D eigenvalue weighted by Gasteiger charge is -2.13. The van der Waals surface area contributed by atoms with Crippen molar-refractivity contribution in [3.63, 3.8) is 0 Å². The van der Waals surface area contributed by atoms with E-state index in [1.807, 2.05) is 0 Å². The van der Waals surface area contributed by atoms with Crippen molar-refractivity contribution in [3.8, 4) is 0 Å². The molecule has 1 N–H and O–H groups in total. The van der Waals surface area contributed by atoms with E-state index in [1.165, 1.54) is 0 Å². The van der Waals surface area contributed by atoms with Crippen molar-refractivity contribution in [3.05, 3.63) is 28.2 Å². The molecule has 5 nitrogen and oxygen atoms in total. The van der Waals surface area contributed by atoms with Crippen LogP contribution in [0.1, 0.15) is 25.3 Å². The molecule has 0 heterocycles. The SMILES string of the molecule is CCOC(=O)C(C)c1ccc(NS(C)(=O)=O)c(Br)c1. The number of ether oxygens (including phenoxy) is 1. The molecular weight excluding hydrogens is 334 g/mol. The highest BCUT2D eigenvalue weighted by molar-refractivity contribution is 9.10. The predicted octanol–water partition coefficient (Wildman–Crippen LogP) is 2.49. The van der Waals surface area contributed by atoms with Crippen molar-refractivity contribution >= 4 is 37.6 Å². The highest BCUT2D eigenvalue weighted by Gasteiger charge is 2.17. The number of hydrogen-bond donors (Lipinski definition) is 1. The minimum Gasteiger partial charge on any atom is -0.466 e. The van der Waals surface area contributed by atoms with Crippen molar-refractivity contribution in [1.82, 2.24) is 0 Å². The van der Waals surface area contributed by atoms with Gasteiger partial charge in [-0.2, -0.15) is 0 Å². The highest BCUT2D eigenvalue weighted by Crippen LogP contribution is 2.28. The maximum absolute atomic E-state index is 11.6. The summed E-state index contributed by atoms with van der Waals surface area (Å²) < 4.78 is 30.2. The van der Waals surface area contributed by atoms with Gasteiger partial charge in [-0.1, -0.05) is 6.07 Å². The normalized spacial score (nSPS) is 12.8. The van der Waals surface area contributed by atoms with Crippen molar-refractivity contribution in [1.29, 1.82) is 0 Å². The van der Waals surface area contributed by atoms with Gasteiger partial charge in [-0.3, -0.25) is 9.52 Å². The Morgan fingerprint density at radius 1 is 1.47 bits per heavy atom. The molecule has 19 heavy (non-hydrogen) atoms. The molecule has 0 aliphatic rings. The highest BCUT2D eigenvalue weighted by atomic mass is 79.9. The average Bonchev–Trinajstić information content (AvgIpc) is 2.29. The van der Waals surface area contributed by atoms with Crippen LogP contribution >= 0.6 is 15.9 Å². The van der Waals surface area contributed by atoms with Gasteiger partial charge in [-0.05, 0) is 47.5 Å². The van der Waals surface area contributed by atoms with Crippen molar-refractivity contribution in [2.45, 2.75) is 19.8 Å². The third-order valence-electron chi connectivity index (χ3n) is 2.43. The Balaban J connectivity index is 2.96. The van der Waals surface area contributed by atoms with Gasteiger partial charge in [0.05, 0.1) is 24.5 Å². The standard InChI is InChI=1S/C12H16BrNO4S/c1-4-18-12(15)8(2)9-5-6-11(10(13)7-9)14-19(3,16)17/h5-8,14H,4H2,1-3H3. The molecule has 0 fully saturated rings. The first-order valence-corrected chi connectivity index (χ1v) is 8.37. The van der Waals surface area contributed by atoms with Gasteiger partial charge >= 0.3 is 5.97 Å². The van der Waals surface area contributed by atoms with Crippen molar-refractivity contribution in [2.75, 3.05) is 17.6 Å². The van der Waals surface area contributed by atoms with Gasteiger partial charge < -0.3 is 4.74 Å². The second-order valence-corrected chi connectivity index (χ2v) is 6.69. The first-order chi connectivity index (χ1) is 8.74. The molecule has 0 amide bonds. The zero-order chi connectivity index (χ0) is 14.6. The topological polar surface area (TPSA) is 72.5 Å². The smallest absolute Gasteiger partial charge is 0.313 e. The van der Waals surface area contributed by atoms with E-state index in [0.717, 1.165) is 11.8 Å². The molecule has 0 saturated heterocycles. The first kappa shape index (κ1) is 16.0. The van der Waals surface area contributed by atoms with E-state index >= 15 is 0 Å². The summed E-state index contributed by atoms with van der Waals surface area (Å²) in [4.78, 5) is 11.6. The summed E-state index contributed by atoms with van der Waals surface area (Å²) in [5, 5.41) is 0. The molecule has 0 radical (unpaired) electrons. The number of carbonyl (C=O) groups is 1. The van der Waals surface area contributed by atoms with E-state index in [9.17, 15) is 13.2 Å². The predicted molar refractivity (Wildman–Crippen MR) is 77.7 cm³/mol. The van der Waals surface area contributed by atoms with Gasteiger partial charge in [0, 0.05) is 4.47 Å². The molecule has 1 aromatic carbocycles. The van der Waals surface area contributed by atoms with Gasteiger partial charge in [0.15, 0.2) is 0 Å². The van der Waals surface area contributed by atoms with E-state index in [0.29, 0.717) is 16.8 Å². The molecular formula is C12H16BrNO4S. The Bertz CT molecular complexity index is 571. The minimum absolute atomic E-state index is 0.307. The Kier molecular flexibility index (Phi) is 5.37. The van der Waals surface area contributed by atoms with Crippen LogP contribution in [0.5, 0.6) is 0 Å². The molecule has 7 heteroatoms. The molecule has 0 aromatic heterocycles. The summed E-state index contributed by atoms with van der Waals surface area (Å²) in [6, 6.07) is 5.01. The number of rotatable bonds is 5. The largest absolute Gasteiger partial charge is 0.466 e. The summed E-state index contributed by atoms with van der Waals surface area (Å²) >= 11 is 3.28. The summed E-state index contributed by atoms with van der Waals surface area (Å²) in [6.45, 7) is 3.82. The number of halogens is 1. The molecule has 1 rings (SSSR count). The van der Waals surface area contributed by atoms with Crippen molar-refractivity contribution in [2.24, 2.45) is 0 Å². The minimum atomic E-state index is -3.33. The monoisotopic (exact) mass is 349 g/mol. The molecule has 1 unspecified atom stereocenters. The van der Waals surface area contributed by atoms with Crippen LogP contribution in [0.15, 0.2) is 22.7 Å². The van der Waals surface area contributed by atoms with Crippen molar-refractivity contribution < 1.29 is 17.9 Å². The second-order valence-electron chi connectivity index (χ2n) is 4.09. The maximum atomic E-state index is 11.6. The number of esters is 1. The van der Waals surface area contributed by atoms with Crippen LogP contribution in [0.3, 0.4) is 0 Å². The fraction of sp³-hybridized carbons (Fsp3) is 0.417. The van der Waals surface area contributed by atoms with E-state index in [2.05, 4.69) is 20.7 Å². The number of sulfonamides is 1. The second kappa shape index (κ2) is 6.38. The number of carbonyl (C=O) groups excluding carboxylic acids is 1. The van der Waals surface area contributed by atoms with Gasteiger partial charge in [0.25, 0.3) is 0 Å². The summed E-state index contributed by atoms with van der Waals surface area (Å²) in [5.41, 5.74) is 1.19. The molecule has 0 spiro atoms. The maximum Gasteiger partial charge on any atom is 0.313 e. The van der Waals surface area contributed by atoms with Crippen LogP contribution < -0.4 is 4.72 Å². The third kappa shape index (κ3) is 4.83. The molecule has 0 saturated carbocycles. The van der Waals surface area contributed by atoms with Crippen LogP contribution in [0, 0.1) is 0 Å². The lowest BCUT2D eigenvalue weighted by Crippen LogP contribution is -2.14. The number of nitrogens with one attached hydrogen (secondary N) is 1. The fourth-order valence-electron chi connectivity index (χ4n) is 1.49. The fourth-order valence-corrected chi connectivity index (χ4v) is 2.69. The van der Waals surface area contributed by atoms with Gasteiger partial charge in [0.1, 0.15) is 0 Å². The molecule has 1 atom stereocenters. The average molecular weight is 350 g/mol. The Hall–Kier alpha value is -1.08. The zero-order valence-electron chi connectivity index (χ0n) is 10.9. The number of anilines is 1. The molecule has 0 aliphatic carbocycles. The first-order valence-electron chi connectivity index (χ1n) is 5.68. The van der Waals surface area contributed by atoms with Crippen LogP contribution in [0.25, 0.3) is 0 Å². The van der Waals surface area contributed by atoms with E-state index in [4.69, 9.17) is 4.74 Å². The van der Waals surface area contributed by atoms with Gasteiger partial charge in [-0.25, -0.2) is 8.42 Å². The van der Waals surface area contributed by atoms with E-state index < -0.39 is 15.9 Å². The summed E-state index contributed by atoms with van der Waals surface area (Å²) in [7, 11) is -3.33. The lowest BCUT2D eigenvalue weighted by molar-refractivity contribution is -0.144. The van der Waals surface area contributed by atoms with Crippen LogP contribution in [-0.2, 0) is 19.6 Å². The lowest BCUT2D eigenvalue weighted by atomic mass is 10.0. The third-order valence-corrected chi connectivity index (χ3v) is 3.68. The molecule has 106 valence electrons.